The average Bonchev–Trinajstić information content (AvgIpc) is 2.46. The number of rotatable bonds is 8. The molecule has 8 nitrogen and oxygen atoms in total. The Kier molecular flexibility index (Phi) is 6.88. The largest absolute Gasteiger partial charge is 0.480 e. The molecule has 1 unspecified atom stereocenters. The zero-order valence-corrected chi connectivity index (χ0v) is 14.7. The molecule has 0 fully saturated rings. The molecule has 0 heterocycles. The van der Waals surface area contributed by atoms with Gasteiger partial charge in [0.05, 0.1) is 11.4 Å². The van der Waals surface area contributed by atoms with Crippen LogP contribution in [0.4, 0.5) is 5.69 Å². The lowest BCUT2D eigenvalue weighted by Gasteiger charge is -2.15. The number of benzene rings is 1. The highest BCUT2D eigenvalue weighted by Crippen LogP contribution is 2.23. The normalized spacial score (nSPS) is 12.7. The molecule has 0 aromatic heterocycles. The number of amides is 1. The summed E-state index contributed by atoms with van der Waals surface area (Å²) in [7, 11) is -3.89. The first kappa shape index (κ1) is 20.1. The summed E-state index contributed by atoms with van der Waals surface area (Å²) in [4.78, 5) is 23.0. The van der Waals surface area contributed by atoms with E-state index in [0.717, 1.165) is 0 Å². The summed E-state index contributed by atoms with van der Waals surface area (Å²) in [6.45, 7) is 5.10. The van der Waals surface area contributed by atoms with Gasteiger partial charge >= 0.3 is 5.97 Å². The lowest BCUT2D eigenvalue weighted by molar-refractivity contribution is -0.139. The number of nitrogens with one attached hydrogen (secondary N) is 2. The van der Waals surface area contributed by atoms with E-state index in [1.807, 2.05) is 6.92 Å². The van der Waals surface area contributed by atoms with Gasteiger partial charge < -0.3 is 10.4 Å². The number of hydrogen-bond acceptors (Lipinski definition) is 5. The van der Waals surface area contributed by atoms with Crippen molar-refractivity contribution in [2.75, 3.05) is 11.9 Å². The number of nitrogens with two attached hydrogens (primary N) is 1. The van der Waals surface area contributed by atoms with Crippen LogP contribution in [0, 0.1) is 13.8 Å². The predicted octanol–water partition coefficient (Wildman–Crippen LogP) is 0.732. The predicted molar refractivity (Wildman–Crippen MR) is 90.3 cm³/mol. The summed E-state index contributed by atoms with van der Waals surface area (Å²) in [5.41, 5.74) is 1.70. The molecule has 1 atom stereocenters. The fourth-order valence-corrected chi connectivity index (χ4v) is 2.76. The van der Waals surface area contributed by atoms with Crippen molar-refractivity contribution in [2.45, 2.75) is 44.6 Å². The van der Waals surface area contributed by atoms with Crippen molar-refractivity contribution in [3.8, 4) is 0 Å². The first-order valence-corrected chi connectivity index (χ1v) is 9.01. The summed E-state index contributed by atoms with van der Waals surface area (Å²) >= 11 is 0. The molecular weight excluding hydrogens is 334 g/mol. The van der Waals surface area contributed by atoms with Gasteiger partial charge in [-0.2, -0.15) is 0 Å². The van der Waals surface area contributed by atoms with Gasteiger partial charge in [-0.05, 0) is 43.5 Å². The number of aryl methyl sites for hydroxylation is 1. The Morgan fingerprint density at radius 2 is 1.92 bits per heavy atom. The highest BCUT2D eigenvalue weighted by atomic mass is 32.2. The summed E-state index contributed by atoms with van der Waals surface area (Å²) in [6, 6.07) is 1.91. The van der Waals surface area contributed by atoms with Gasteiger partial charge in [0, 0.05) is 5.69 Å². The van der Waals surface area contributed by atoms with Crippen LogP contribution in [0.5, 0.6) is 0 Å². The standard InChI is InChI=1S/C15H23N3O5S/c1-4-5-12(15(20)21)17-8-14(19)18-13-7-11(24(16,22)23)6-9(2)10(13)3/h6-7,12,17H,4-5,8H2,1-3H3,(H,18,19)(H,20,21)(H2,16,22,23). The fraction of sp³-hybridized carbons (Fsp3) is 0.467. The number of sulfonamides is 1. The molecule has 1 rings (SSSR count). The summed E-state index contributed by atoms with van der Waals surface area (Å²) < 4.78 is 23.0. The molecule has 5 N–H and O–H groups in total. The number of primary sulfonamides is 1. The molecule has 0 saturated carbocycles. The Balaban J connectivity index is 2.87. The maximum absolute atomic E-state index is 12.0. The minimum Gasteiger partial charge on any atom is -0.480 e. The quantitative estimate of drug-likeness (QED) is 0.541. The highest BCUT2D eigenvalue weighted by Gasteiger charge is 2.18. The van der Waals surface area contributed by atoms with Gasteiger partial charge in [-0.25, -0.2) is 13.6 Å². The maximum Gasteiger partial charge on any atom is 0.320 e. The number of carbonyl (C=O) groups excluding carboxylic acids is 1. The van der Waals surface area contributed by atoms with Gasteiger partial charge in [-0.1, -0.05) is 13.3 Å². The van der Waals surface area contributed by atoms with Crippen LogP contribution in [-0.4, -0.2) is 38.0 Å². The van der Waals surface area contributed by atoms with Gasteiger partial charge in [0.2, 0.25) is 15.9 Å². The lowest BCUT2D eigenvalue weighted by atomic mass is 10.1. The molecule has 24 heavy (non-hydrogen) atoms. The van der Waals surface area contributed by atoms with E-state index < -0.39 is 27.9 Å². The Morgan fingerprint density at radius 3 is 2.42 bits per heavy atom. The van der Waals surface area contributed by atoms with Gasteiger partial charge in [0.1, 0.15) is 6.04 Å². The Hall–Kier alpha value is -1.97. The number of hydrogen-bond donors (Lipinski definition) is 4. The molecule has 0 saturated heterocycles. The molecule has 134 valence electrons. The summed E-state index contributed by atoms with van der Waals surface area (Å²) in [5, 5.41) is 19.4. The Bertz CT molecular complexity index is 731. The van der Waals surface area contributed by atoms with Crippen molar-refractivity contribution in [3.63, 3.8) is 0 Å². The molecule has 0 aliphatic heterocycles. The van der Waals surface area contributed by atoms with Crippen LogP contribution in [0.1, 0.15) is 30.9 Å². The van der Waals surface area contributed by atoms with E-state index >= 15 is 0 Å². The third kappa shape index (κ3) is 5.59. The van der Waals surface area contributed by atoms with Crippen LogP contribution in [0.3, 0.4) is 0 Å². The average molecular weight is 357 g/mol. The Morgan fingerprint density at radius 1 is 1.29 bits per heavy atom. The molecule has 0 aliphatic rings. The number of aliphatic carboxylic acids is 1. The molecule has 1 aromatic carbocycles. The van der Waals surface area contributed by atoms with Crippen molar-refractivity contribution >= 4 is 27.6 Å². The zero-order chi connectivity index (χ0) is 18.5. The van der Waals surface area contributed by atoms with Crippen LogP contribution in [0.15, 0.2) is 17.0 Å². The summed E-state index contributed by atoms with van der Waals surface area (Å²) in [5.74, 6) is -1.49. The van der Waals surface area contributed by atoms with Crippen molar-refractivity contribution < 1.29 is 23.1 Å². The SMILES string of the molecule is CCCC(NCC(=O)Nc1cc(S(N)(=O)=O)cc(C)c1C)C(=O)O. The lowest BCUT2D eigenvalue weighted by Crippen LogP contribution is -2.41. The third-order valence-electron chi connectivity index (χ3n) is 3.63. The minimum atomic E-state index is -3.89. The van der Waals surface area contributed by atoms with Crippen molar-refractivity contribution in [3.05, 3.63) is 23.3 Å². The minimum absolute atomic E-state index is 0.0942. The van der Waals surface area contributed by atoms with Crippen molar-refractivity contribution in [1.82, 2.24) is 5.32 Å². The third-order valence-corrected chi connectivity index (χ3v) is 4.52. The number of carboxylic acids is 1. The molecule has 1 amide bonds. The zero-order valence-electron chi connectivity index (χ0n) is 13.9. The van der Waals surface area contributed by atoms with E-state index in [1.165, 1.54) is 12.1 Å². The van der Waals surface area contributed by atoms with E-state index in [-0.39, 0.29) is 11.4 Å². The monoisotopic (exact) mass is 357 g/mol. The molecule has 0 radical (unpaired) electrons. The first-order valence-electron chi connectivity index (χ1n) is 7.46. The molecule has 9 heteroatoms. The second-order valence-corrected chi connectivity index (χ2v) is 7.13. The Labute approximate surface area is 141 Å². The second kappa shape index (κ2) is 8.22. The number of carboxylic acid groups (broad SMARTS) is 1. The molecular formula is C15H23N3O5S. The van der Waals surface area contributed by atoms with Gasteiger partial charge in [-0.3, -0.25) is 14.9 Å². The molecule has 1 aromatic rings. The van der Waals surface area contributed by atoms with E-state index in [1.54, 1.807) is 13.8 Å². The van der Waals surface area contributed by atoms with E-state index in [2.05, 4.69) is 10.6 Å². The van der Waals surface area contributed by atoms with E-state index in [9.17, 15) is 18.0 Å². The van der Waals surface area contributed by atoms with Crippen LogP contribution < -0.4 is 15.8 Å². The maximum atomic E-state index is 12.0. The summed E-state index contributed by atoms with van der Waals surface area (Å²) in [6.07, 6.45) is 1.07. The number of carbonyl (C=O) groups is 2. The first-order chi connectivity index (χ1) is 11.1. The van der Waals surface area contributed by atoms with Gasteiger partial charge in [0.15, 0.2) is 0 Å². The number of anilines is 1. The topological polar surface area (TPSA) is 139 Å². The second-order valence-electron chi connectivity index (χ2n) is 5.57. The fourth-order valence-electron chi connectivity index (χ4n) is 2.13. The van der Waals surface area contributed by atoms with E-state index in [0.29, 0.717) is 29.7 Å². The molecule has 0 bridgehead atoms. The van der Waals surface area contributed by atoms with E-state index in [4.69, 9.17) is 10.2 Å². The van der Waals surface area contributed by atoms with Gasteiger partial charge in [0.25, 0.3) is 0 Å². The van der Waals surface area contributed by atoms with Crippen molar-refractivity contribution in [2.24, 2.45) is 5.14 Å². The van der Waals surface area contributed by atoms with Crippen LogP contribution >= 0.6 is 0 Å². The van der Waals surface area contributed by atoms with Crippen molar-refractivity contribution in [1.29, 1.82) is 0 Å². The highest BCUT2D eigenvalue weighted by molar-refractivity contribution is 7.89. The smallest absolute Gasteiger partial charge is 0.320 e. The van der Waals surface area contributed by atoms with Gasteiger partial charge in [-0.15, -0.1) is 0 Å². The molecule has 0 aliphatic carbocycles. The van der Waals surface area contributed by atoms with Crippen LogP contribution in [0.25, 0.3) is 0 Å². The van der Waals surface area contributed by atoms with Crippen LogP contribution in [-0.2, 0) is 19.6 Å². The van der Waals surface area contributed by atoms with Crippen LogP contribution in [0.2, 0.25) is 0 Å². The molecule has 0 spiro atoms.